The van der Waals surface area contributed by atoms with E-state index in [2.05, 4.69) is 40.9 Å². The fraction of sp³-hybridized carbons (Fsp3) is 0.286. The summed E-state index contributed by atoms with van der Waals surface area (Å²) in [5, 5.41) is 0.972. The van der Waals surface area contributed by atoms with E-state index in [0.29, 0.717) is 17.9 Å². The zero-order valence-corrected chi connectivity index (χ0v) is 17.7. The van der Waals surface area contributed by atoms with Gasteiger partial charge in [0, 0.05) is 17.0 Å². The van der Waals surface area contributed by atoms with Crippen molar-refractivity contribution in [3.63, 3.8) is 0 Å². The normalized spacial score (nSPS) is 11.7. The molecule has 1 N–H and O–H groups in total. The highest BCUT2D eigenvalue weighted by atomic mass is 32.2. The van der Waals surface area contributed by atoms with Gasteiger partial charge in [0.15, 0.2) is 0 Å². The first-order valence-corrected chi connectivity index (χ1v) is 11.2. The molecule has 142 valence electrons. The summed E-state index contributed by atoms with van der Waals surface area (Å²) in [4.78, 5) is 6.11. The predicted octanol–water partition coefficient (Wildman–Crippen LogP) is 4.56. The van der Waals surface area contributed by atoms with Crippen LogP contribution in [0, 0.1) is 27.7 Å². The topological polar surface area (TPSA) is 59.1 Å². The van der Waals surface area contributed by atoms with Crippen LogP contribution in [0.2, 0.25) is 0 Å². The zero-order chi connectivity index (χ0) is 19.6. The van der Waals surface area contributed by atoms with Gasteiger partial charge in [0.25, 0.3) is 0 Å². The molecule has 0 fully saturated rings. The van der Waals surface area contributed by atoms with Crippen LogP contribution < -0.4 is 4.72 Å². The van der Waals surface area contributed by atoms with Crippen molar-refractivity contribution < 1.29 is 8.42 Å². The van der Waals surface area contributed by atoms with Gasteiger partial charge in [0.2, 0.25) is 10.0 Å². The summed E-state index contributed by atoms with van der Waals surface area (Å²) >= 11 is 1.62. The Morgan fingerprint density at radius 3 is 2.33 bits per heavy atom. The molecule has 4 nitrogen and oxygen atoms in total. The number of hydrogen-bond acceptors (Lipinski definition) is 4. The van der Waals surface area contributed by atoms with Crippen LogP contribution in [0.15, 0.2) is 47.4 Å². The van der Waals surface area contributed by atoms with Crippen LogP contribution in [-0.2, 0) is 16.4 Å². The lowest BCUT2D eigenvalue weighted by Gasteiger charge is -2.10. The monoisotopic (exact) mass is 400 g/mol. The average Bonchev–Trinajstić information content (AvgIpc) is 2.98. The fourth-order valence-electron chi connectivity index (χ4n) is 2.85. The summed E-state index contributed by atoms with van der Waals surface area (Å²) in [6.45, 7) is 8.10. The first-order valence-electron chi connectivity index (χ1n) is 8.86. The Morgan fingerprint density at radius 1 is 0.963 bits per heavy atom. The fourth-order valence-corrected chi connectivity index (χ4v) is 5.28. The molecular weight excluding hydrogens is 376 g/mol. The summed E-state index contributed by atoms with van der Waals surface area (Å²) in [6, 6.07) is 13.8. The molecule has 3 aromatic rings. The van der Waals surface area contributed by atoms with Crippen LogP contribution in [0.5, 0.6) is 0 Å². The number of aryl methyl sites for hydroxylation is 4. The second kappa shape index (κ2) is 7.92. The van der Waals surface area contributed by atoms with Crippen LogP contribution in [0.3, 0.4) is 0 Å². The van der Waals surface area contributed by atoms with Crippen molar-refractivity contribution in [2.45, 2.75) is 39.0 Å². The number of nitrogens with one attached hydrogen (secondary N) is 1. The first kappa shape index (κ1) is 19.7. The van der Waals surface area contributed by atoms with Crippen molar-refractivity contribution in [3.8, 4) is 10.6 Å². The lowest BCUT2D eigenvalue weighted by molar-refractivity contribution is 0.581. The van der Waals surface area contributed by atoms with E-state index in [1.165, 1.54) is 5.56 Å². The molecule has 0 saturated heterocycles. The molecule has 27 heavy (non-hydrogen) atoms. The second-order valence-corrected chi connectivity index (χ2v) is 9.63. The maximum Gasteiger partial charge on any atom is 0.240 e. The van der Waals surface area contributed by atoms with Gasteiger partial charge in [0.1, 0.15) is 5.01 Å². The molecule has 3 rings (SSSR count). The van der Waals surface area contributed by atoms with Crippen LogP contribution in [0.4, 0.5) is 0 Å². The van der Waals surface area contributed by atoms with Crippen LogP contribution >= 0.6 is 11.3 Å². The van der Waals surface area contributed by atoms with E-state index in [-0.39, 0.29) is 0 Å². The zero-order valence-electron chi connectivity index (χ0n) is 16.0. The third-order valence-electron chi connectivity index (χ3n) is 4.47. The maximum atomic E-state index is 12.6. The van der Waals surface area contributed by atoms with Gasteiger partial charge in [-0.3, -0.25) is 0 Å². The molecule has 1 heterocycles. The highest BCUT2D eigenvalue weighted by Gasteiger charge is 2.17. The lowest BCUT2D eigenvalue weighted by Crippen LogP contribution is -2.26. The van der Waals surface area contributed by atoms with E-state index in [9.17, 15) is 8.42 Å². The molecule has 0 radical (unpaired) electrons. The van der Waals surface area contributed by atoms with Gasteiger partial charge in [0.05, 0.1) is 10.6 Å². The Hall–Kier alpha value is -2.02. The van der Waals surface area contributed by atoms with Gasteiger partial charge in [-0.05, 0) is 51.3 Å². The lowest BCUT2D eigenvalue weighted by atomic mass is 10.2. The van der Waals surface area contributed by atoms with Crippen molar-refractivity contribution in [3.05, 3.63) is 69.7 Å². The molecule has 0 aliphatic carbocycles. The van der Waals surface area contributed by atoms with E-state index < -0.39 is 10.0 Å². The Balaban J connectivity index is 1.70. The number of aromatic nitrogens is 1. The van der Waals surface area contributed by atoms with E-state index >= 15 is 0 Å². The molecule has 6 heteroatoms. The third-order valence-corrected chi connectivity index (χ3v) is 7.34. The van der Waals surface area contributed by atoms with E-state index in [0.717, 1.165) is 32.3 Å². The Bertz CT molecular complexity index is 1050. The van der Waals surface area contributed by atoms with Crippen molar-refractivity contribution in [1.29, 1.82) is 0 Å². The largest absolute Gasteiger partial charge is 0.241 e. The van der Waals surface area contributed by atoms with E-state index in [4.69, 9.17) is 0 Å². The van der Waals surface area contributed by atoms with Crippen molar-refractivity contribution >= 4 is 21.4 Å². The molecule has 0 aliphatic rings. The van der Waals surface area contributed by atoms with Crippen molar-refractivity contribution in [1.82, 2.24) is 9.71 Å². The van der Waals surface area contributed by atoms with Gasteiger partial charge in [-0.1, -0.05) is 42.0 Å². The second-order valence-electron chi connectivity index (χ2n) is 6.81. The first-order chi connectivity index (χ1) is 12.8. The van der Waals surface area contributed by atoms with Gasteiger partial charge >= 0.3 is 0 Å². The summed E-state index contributed by atoms with van der Waals surface area (Å²) in [7, 11) is -3.51. The van der Waals surface area contributed by atoms with Gasteiger partial charge in [-0.15, -0.1) is 11.3 Å². The number of rotatable bonds is 6. The Kier molecular flexibility index (Phi) is 5.79. The van der Waals surface area contributed by atoms with Crippen LogP contribution in [0.25, 0.3) is 10.6 Å². The van der Waals surface area contributed by atoms with Gasteiger partial charge in [-0.25, -0.2) is 18.1 Å². The number of hydrogen-bond donors (Lipinski definition) is 1. The number of thiazole rings is 1. The van der Waals surface area contributed by atoms with Gasteiger partial charge < -0.3 is 0 Å². The molecule has 2 aromatic carbocycles. The van der Waals surface area contributed by atoms with Gasteiger partial charge in [-0.2, -0.15) is 0 Å². The summed E-state index contributed by atoms with van der Waals surface area (Å²) in [5.41, 5.74) is 4.95. The molecule has 0 unspecified atom stereocenters. The predicted molar refractivity (Wildman–Crippen MR) is 112 cm³/mol. The van der Waals surface area contributed by atoms with Crippen molar-refractivity contribution in [2.24, 2.45) is 0 Å². The maximum absolute atomic E-state index is 12.6. The third kappa shape index (κ3) is 4.64. The smallest absolute Gasteiger partial charge is 0.240 e. The average molecular weight is 401 g/mol. The Morgan fingerprint density at radius 2 is 1.63 bits per heavy atom. The minimum absolute atomic E-state index is 0.351. The standard InChI is InChI=1S/C21H24N2O2S2/c1-14-6-9-18(10-7-14)21-23-17(4)19(26-21)11-12-22-27(24,25)20-13-15(2)5-8-16(20)3/h5-10,13,22H,11-12H2,1-4H3. The minimum atomic E-state index is -3.51. The van der Waals surface area contributed by atoms with E-state index in [1.807, 2.05) is 32.9 Å². The molecular formula is C21H24N2O2S2. The quantitative estimate of drug-likeness (QED) is 0.660. The minimum Gasteiger partial charge on any atom is -0.241 e. The van der Waals surface area contributed by atoms with Crippen molar-refractivity contribution in [2.75, 3.05) is 6.54 Å². The molecule has 0 saturated carbocycles. The summed E-state index contributed by atoms with van der Waals surface area (Å²) in [6.07, 6.45) is 0.624. The molecule has 0 spiro atoms. The van der Waals surface area contributed by atoms with Crippen LogP contribution in [-0.4, -0.2) is 19.9 Å². The molecule has 0 aliphatic heterocycles. The molecule has 0 bridgehead atoms. The van der Waals surface area contributed by atoms with E-state index in [1.54, 1.807) is 17.4 Å². The number of nitrogens with zero attached hydrogens (tertiary/aromatic N) is 1. The highest BCUT2D eigenvalue weighted by molar-refractivity contribution is 7.89. The molecule has 1 aromatic heterocycles. The molecule has 0 atom stereocenters. The van der Waals surface area contributed by atoms with Crippen LogP contribution in [0.1, 0.15) is 27.3 Å². The molecule has 0 amide bonds. The summed E-state index contributed by atoms with van der Waals surface area (Å²) < 4.78 is 28.0. The summed E-state index contributed by atoms with van der Waals surface area (Å²) in [5.74, 6) is 0. The highest BCUT2D eigenvalue weighted by Crippen LogP contribution is 2.28. The number of benzene rings is 2. The Labute approximate surface area is 165 Å². The number of sulfonamides is 1. The SMILES string of the molecule is Cc1ccc(-c2nc(C)c(CCNS(=O)(=O)c3cc(C)ccc3C)s2)cc1.